The molecule has 4 nitrogen and oxygen atoms in total. The quantitative estimate of drug-likeness (QED) is 0.546. The summed E-state index contributed by atoms with van der Waals surface area (Å²) in [5.41, 5.74) is 0.907. The van der Waals surface area contributed by atoms with Gasteiger partial charge in [0, 0.05) is 17.4 Å². The largest absolute Gasteiger partial charge is 0.481 e. The van der Waals surface area contributed by atoms with Crippen molar-refractivity contribution in [3.8, 4) is 0 Å². The number of thioether (sulfide) groups is 1. The van der Waals surface area contributed by atoms with Gasteiger partial charge in [0.1, 0.15) is 4.32 Å². The van der Waals surface area contributed by atoms with E-state index in [9.17, 15) is 9.59 Å². The smallest absolute Gasteiger partial charge is 0.303 e. The van der Waals surface area contributed by atoms with Gasteiger partial charge in [-0.2, -0.15) is 0 Å². The lowest BCUT2D eigenvalue weighted by atomic mass is 10.1. The molecule has 1 saturated heterocycles. The fourth-order valence-corrected chi connectivity index (χ4v) is 4.49. The van der Waals surface area contributed by atoms with Gasteiger partial charge in [-0.3, -0.25) is 14.5 Å². The standard InChI is InChI=1S/C18H14BrNO3S2/c19-16-12(8-7-11-4-1-2-5-13(11)16)10-14-17(23)20(18(24)25-14)9-3-6-15(21)22/h1-2,4-5,7-8,10H,3,6,9H2,(H,21,22). The lowest BCUT2D eigenvalue weighted by Gasteiger charge is -2.13. The number of benzene rings is 2. The van der Waals surface area contributed by atoms with Gasteiger partial charge in [0.05, 0.1) is 4.91 Å². The van der Waals surface area contributed by atoms with Gasteiger partial charge in [-0.1, -0.05) is 60.4 Å². The van der Waals surface area contributed by atoms with Gasteiger partial charge in [0.2, 0.25) is 0 Å². The van der Waals surface area contributed by atoms with Crippen molar-refractivity contribution in [2.45, 2.75) is 12.8 Å². The van der Waals surface area contributed by atoms with Gasteiger partial charge in [0.15, 0.2) is 0 Å². The average molecular weight is 436 g/mol. The second-order valence-corrected chi connectivity index (χ2v) is 7.99. The number of carbonyl (C=O) groups excluding carboxylic acids is 1. The highest BCUT2D eigenvalue weighted by Crippen LogP contribution is 2.35. The molecule has 7 heteroatoms. The Balaban J connectivity index is 1.84. The van der Waals surface area contributed by atoms with E-state index in [1.54, 1.807) is 0 Å². The van der Waals surface area contributed by atoms with Gasteiger partial charge < -0.3 is 5.11 Å². The number of hydrogen-bond donors (Lipinski definition) is 1. The zero-order chi connectivity index (χ0) is 18.0. The lowest BCUT2D eigenvalue weighted by Crippen LogP contribution is -2.29. The van der Waals surface area contributed by atoms with E-state index in [0.717, 1.165) is 20.8 Å². The molecule has 0 aromatic heterocycles. The van der Waals surface area contributed by atoms with Crippen molar-refractivity contribution in [1.29, 1.82) is 0 Å². The van der Waals surface area contributed by atoms with Gasteiger partial charge in [0.25, 0.3) is 5.91 Å². The van der Waals surface area contributed by atoms with E-state index >= 15 is 0 Å². The third-order valence-corrected chi connectivity index (χ3v) is 6.09. The van der Waals surface area contributed by atoms with Crippen LogP contribution in [-0.4, -0.2) is 32.7 Å². The minimum absolute atomic E-state index is 0.0202. The molecule has 2 aromatic rings. The SMILES string of the molecule is O=C(O)CCCN1C(=O)C(=Cc2ccc3ccccc3c2Br)SC1=S. The first-order chi connectivity index (χ1) is 12.0. The van der Waals surface area contributed by atoms with Crippen molar-refractivity contribution in [3.05, 3.63) is 51.3 Å². The van der Waals surface area contributed by atoms with E-state index in [2.05, 4.69) is 15.9 Å². The van der Waals surface area contributed by atoms with Crippen LogP contribution >= 0.6 is 39.9 Å². The molecule has 1 aliphatic rings. The Bertz CT molecular complexity index is 910. The van der Waals surface area contributed by atoms with Crippen LogP contribution in [0.1, 0.15) is 18.4 Å². The second-order valence-electron chi connectivity index (χ2n) is 5.52. The minimum Gasteiger partial charge on any atom is -0.481 e. The molecule has 1 N–H and O–H groups in total. The van der Waals surface area contributed by atoms with Crippen LogP contribution in [-0.2, 0) is 9.59 Å². The summed E-state index contributed by atoms with van der Waals surface area (Å²) in [6.07, 6.45) is 2.23. The molecule has 0 radical (unpaired) electrons. The lowest BCUT2D eigenvalue weighted by molar-refractivity contribution is -0.137. The molecule has 1 fully saturated rings. The maximum Gasteiger partial charge on any atom is 0.303 e. The molecular weight excluding hydrogens is 422 g/mol. The fraction of sp³-hybridized carbons (Fsp3) is 0.167. The number of nitrogens with zero attached hydrogens (tertiary/aromatic N) is 1. The van der Waals surface area contributed by atoms with Crippen LogP contribution < -0.4 is 0 Å². The third kappa shape index (κ3) is 3.94. The van der Waals surface area contributed by atoms with Crippen molar-refractivity contribution in [2.75, 3.05) is 6.54 Å². The van der Waals surface area contributed by atoms with E-state index in [4.69, 9.17) is 17.3 Å². The van der Waals surface area contributed by atoms with Gasteiger partial charge in [-0.05, 0) is 44.8 Å². The molecule has 1 amide bonds. The number of fused-ring (bicyclic) bond motifs is 1. The normalized spacial score (nSPS) is 16.2. The summed E-state index contributed by atoms with van der Waals surface area (Å²) >= 11 is 10.1. The molecule has 3 rings (SSSR count). The van der Waals surface area contributed by atoms with Gasteiger partial charge >= 0.3 is 5.97 Å². The Morgan fingerprint density at radius 2 is 2.04 bits per heavy atom. The number of carboxylic acids is 1. The molecule has 0 aliphatic carbocycles. The van der Waals surface area contributed by atoms with Crippen LogP contribution in [0.15, 0.2) is 45.8 Å². The maximum atomic E-state index is 12.6. The Morgan fingerprint density at radius 1 is 1.28 bits per heavy atom. The van der Waals surface area contributed by atoms with E-state index in [1.807, 2.05) is 42.5 Å². The van der Waals surface area contributed by atoms with Crippen LogP contribution in [0.4, 0.5) is 0 Å². The van der Waals surface area contributed by atoms with Crippen molar-refractivity contribution in [2.24, 2.45) is 0 Å². The van der Waals surface area contributed by atoms with Crippen LogP contribution in [0.5, 0.6) is 0 Å². The molecule has 0 atom stereocenters. The number of aliphatic carboxylic acids is 1. The van der Waals surface area contributed by atoms with Crippen LogP contribution in [0.3, 0.4) is 0 Å². The first-order valence-electron chi connectivity index (χ1n) is 7.62. The molecule has 0 bridgehead atoms. The second kappa shape index (κ2) is 7.68. The molecule has 128 valence electrons. The van der Waals surface area contributed by atoms with Crippen LogP contribution in [0.25, 0.3) is 16.8 Å². The summed E-state index contributed by atoms with van der Waals surface area (Å²) in [6.45, 7) is 0.327. The molecule has 1 aliphatic heterocycles. The number of carbonyl (C=O) groups is 2. The number of amides is 1. The number of hydrogen-bond acceptors (Lipinski definition) is 4. The predicted octanol–water partition coefficient (Wildman–Crippen LogP) is 4.67. The topological polar surface area (TPSA) is 57.6 Å². The molecule has 1 heterocycles. The number of thiocarbonyl (C=S) groups is 1. The van der Waals surface area contributed by atoms with Crippen molar-refractivity contribution < 1.29 is 14.7 Å². The fourth-order valence-electron chi connectivity index (χ4n) is 2.58. The zero-order valence-electron chi connectivity index (χ0n) is 13.1. The Morgan fingerprint density at radius 3 is 2.80 bits per heavy atom. The van der Waals surface area contributed by atoms with E-state index in [0.29, 0.717) is 22.2 Å². The van der Waals surface area contributed by atoms with Gasteiger partial charge in [-0.25, -0.2) is 0 Å². The monoisotopic (exact) mass is 435 g/mol. The summed E-state index contributed by atoms with van der Waals surface area (Å²) in [6, 6.07) is 12.0. The summed E-state index contributed by atoms with van der Waals surface area (Å²) in [5.74, 6) is -1.04. The first kappa shape index (κ1) is 18.1. The molecular formula is C18H14BrNO3S2. The highest BCUT2D eigenvalue weighted by Gasteiger charge is 2.31. The number of carboxylic acid groups (broad SMARTS) is 1. The predicted molar refractivity (Wildman–Crippen MR) is 108 cm³/mol. The Labute approximate surface area is 163 Å². The summed E-state index contributed by atoms with van der Waals surface area (Å²) in [7, 11) is 0. The highest BCUT2D eigenvalue weighted by atomic mass is 79.9. The van der Waals surface area contributed by atoms with Gasteiger partial charge in [-0.15, -0.1) is 0 Å². The van der Waals surface area contributed by atoms with E-state index in [1.165, 1.54) is 16.7 Å². The zero-order valence-corrected chi connectivity index (χ0v) is 16.3. The van der Waals surface area contributed by atoms with Crippen LogP contribution in [0.2, 0.25) is 0 Å². The molecule has 0 saturated carbocycles. The van der Waals surface area contributed by atoms with Crippen molar-refractivity contribution in [3.63, 3.8) is 0 Å². The Hall–Kier alpha value is -1.70. The van der Waals surface area contributed by atoms with Crippen molar-refractivity contribution >= 4 is 73.0 Å². The first-order valence-corrected chi connectivity index (χ1v) is 9.63. The summed E-state index contributed by atoms with van der Waals surface area (Å²) in [5, 5.41) is 10.9. The molecule has 0 spiro atoms. The minimum atomic E-state index is -0.874. The van der Waals surface area contributed by atoms with Crippen LogP contribution in [0, 0.1) is 0 Å². The third-order valence-electron chi connectivity index (χ3n) is 3.83. The molecule has 0 unspecified atom stereocenters. The van der Waals surface area contributed by atoms with E-state index in [-0.39, 0.29) is 12.3 Å². The molecule has 25 heavy (non-hydrogen) atoms. The number of rotatable bonds is 5. The highest BCUT2D eigenvalue weighted by molar-refractivity contribution is 9.10. The number of halogens is 1. The van der Waals surface area contributed by atoms with E-state index < -0.39 is 5.97 Å². The molecule has 2 aromatic carbocycles. The average Bonchev–Trinajstić information content (AvgIpc) is 2.85. The summed E-state index contributed by atoms with van der Waals surface area (Å²) < 4.78 is 1.40. The maximum absolute atomic E-state index is 12.6. The summed E-state index contributed by atoms with van der Waals surface area (Å²) in [4.78, 5) is 25.2. The Kier molecular flexibility index (Phi) is 5.56. The van der Waals surface area contributed by atoms with Crippen molar-refractivity contribution in [1.82, 2.24) is 4.90 Å².